The molecule has 0 unspecified atom stereocenters. The Morgan fingerprint density at radius 1 is 1.28 bits per heavy atom. The predicted octanol–water partition coefficient (Wildman–Crippen LogP) is 4.05. The van der Waals surface area contributed by atoms with Gasteiger partial charge in [0, 0.05) is 22.4 Å². The van der Waals surface area contributed by atoms with Gasteiger partial charge in [-0.3, -0.25) is 0 Å². The molecular weight excluding hydrogens is 245 g/mol. The first-order valence-electron chi connectivity index (χ1n) is 6.03. The average Bonchev–Trinajstić information content (AvgIpc) is 2.79. The molecule has 0 fully saturated rings. The second kappa shape index (κ2) is 5.21. The minimum Gasteiger partial charge on any atom is -0.319 e. The second-order valence-electron chi connectivity index (χ2n) is 5.09. The van der Waals surface area contributed by atoms with Crippen molar-refractivity contribution in [1.29, 1.82) is 0 Å². The lowest BCUT2D eigenvalue weighted by molar-refractivity contribution is 0.496. The summed E-state index contributed by atoms with van der Waals surface area (Å²) < 4.78 is 13.7. The van der Waals surface area contributed by atoms with Crippen LogP contribution in [-0.2, 0) is 5.41 Å². The van der Waals surface area contributed by atoms with E-state index in [0.29, 0.717) is 5.56 Å². The van der Waals surface area contributed by atoms with Crippen molar-refractivity contribution in [3.8, 4) is 10.4 Å². The molecule has 3 heteroatoms. The van der Waals surface area contributed by atoms with Gasteiger partial charge in [0.2, 0.25) is 0 Å². The molecule has 1 aromatic carbocycles. The van der Waals surface area contributed by atoms with Crippen LogP contribution in [0.5, 0.6) is 0 Å². The molecule has 2 aromatic rings. The van der Waals surface area contributed by atoms with Crippen molar-refractivity contribution < 1.29 is 4.39 Å². The maximum absolute atomic E-state index is 13.7. The number of benzene rings is 1. The summed E-state index contributed by atoms with van der Waals surface area (Å²) in [6, 6.07) is 9.03. The number of halogens is 1. The van der Waals surface area contributed by atoms with Crippen LogP contribution in [0.2, 0.25) is 0 Å². The van der Waals surface area contributed by atoms with E-state index in [1.54, 1.807) is 17.4 Å². The van der Waals surface area contributed by atoms with E-state index >= 15 is 0 Å². The van der Waals surface area contributed by atoms with Crippen molar-refractivity contribution in [1.82, 2.24) is 5.32 Å². The van der Waals surface area contributed by atoms with E-state index in [-0.39, 0.29) is 11.2 Å². The van der Waals surface area contributed by atoms with Crippen LogP contribution in [0, 0.1) is 5.82 Å². The van der Waals surface area contributed by atoms with E-state index in [1.807, 2.05) is 19.2 Å². The molecule has 0 saturated carbocycles. The van der Waals surface area contributed by atoms with Crippen LogP contribution < -0.4 is 5.32 Å². The van der Waals surface area contributed by atoms with Crippen molar-refractivity contribution in [3.63, 3.8) is 0 Å². The minimum absolute atomic E-state index is 0.0642. The lowest BCUT2D eigenvalue weighted by atomic mass is 9.86. The molecule has 96 valence electrons. The summed E-state index contributed by atoms with van der Waals surface area (Å²) in [7, 11) is 1.95. The molecule has 0 aliphatic heterocycles. The Hall–Kier alpha value is -1.19. The molecule has 0 amide bonds. The highest BCUT2D eigenvalue weighted by Crippen LogP contribution is 2.34. The van der Waals surface area contributed by atoms with Gasteiger partial charge in [-0.2, -0.15) is 0 Å². The predicted molar refractivity (Wildman–Crippen MR) is 76.7 cm³/mol. The molecule has 0 saturated heterocycles. The summed E-state index contributed by atoms with van der Waals surface area (Å²) in [6.45, 7) is 5.29. The highest BCUT2D eigenvalue weighted by atomic mass is 32.1. The van der Waals surface area contributed by atoms with Crippen LogP contribution in [0.4, 0.5) is 4.39 Å². The third kappa shape index (κ3) is 2.62. The molecule has 1 heterocycles. The molecule has 2 rings (SSSR count). The maximum Gasteiger partial charge on any atom is 0.131 e. The zero-order chi connectivity index (χ0) is 13.2. The topological polar surface area (TPSA) is 12.0 Å². The number of nitrogens with one attached hydrogen (secondary N) is 1. The second-order valence-corrected chi connectivity index (χ2v) is 6.00. The molecule has 0 radical (unpaired) electrons. The van der Waals surface area contributed by atoms with Crippen molar-refractivity contribution in [2.24, 2.45) is 0 Å². The van der Waals surface area contributed by atoms with Crippen LogP contribution in [0.1, 0.15) is 19.4 Å². The SMILES string of the molecule is CNCC(C)(C)c1csc(-c2ccccc2F)c1. The van der Waals surface area contributed by atoms with Gasteiger partial charge in [-0.25, -0.2) is 4.39 Å². The molecule has 0 spiro atoms. The van der Waals surface area contributed by atoms with E-state index in [4.69, 9.17) is 0 Å². The third-order valence-corrected chi connectivity index (χ3v) is 4.10. The Morgan fingerprint density at radius 3 is 2.67 bits per heavy atom. The van der Waals surface area contributed by atoms with Crippen LogP contribution in [0.3, 0.4) is 0 Å². The molecule has 18 heavy (non-hydrogen) atoms. The van der Waals surface area contributed by atoms with Gasteiger partial charge in [-0.05, 0) is 30.1 Å². The van der Waals surface area contributed by atoms with Gasteiger partial charge in [0.15, 0.2) is 0 Å². The van der Waals surface area contributed by atoms with Crippen molar-refractivity contribution in [2.75, 3.05) is 13.6 Å². The molecule has 1 N–H and O–H groups in total. The summed E-state index contributed by atoms with van der Waals surface area (Å²) in [4.78, 5) is 0.993. The standard InChI is InChI=1S/C15H18FNS/c1-15(2,10-17-3)11-8-14(18-9-11)12-6-4-5-7-13(12)16/h4-9,17H,10H2,1-3H3. The largest absolute Gasteiger partial charge is 0.319 e. The zero-order valence-corrected chi connectivity index (χ0v) is 11.8. The van der Waals surface area contributed by atoms with Gasteiger partial charge in [0.05, 0.1) is 0 Å². The smallest absolute Gasteiger partial charge is 0.131 e. The zero-order valence-electron chi connectivity index (χ0n) is 11.0. The fraction of sp³-hybridized carbons (Fsp3) is 0.333. The summed E-state index contributed by atoms with van der Waals surface area (Å²) >= 11 is 1.60. The van der Waals surface area contributed by atoms with Gasteiger partial charge in [0.1, 0.15) is 5.82 Å². The first-order valence-corrected chi connectivity index (χ1v) is 6.91. The lowest BCUT2D eigenvalue weighted by Crippen LogP contribution is -2.30. The summed E-state index contributed by atoms with van der Waals surface area (Å²) in [6.07, 6.45) is 0. The molecule has 0 bridgehead atoms. The van der Waals surface area contributed by atoms with Gasteiger partial charge in [0.25, 0.3) is 0 Å². The molecule has 1 aromatic heterocycles. The van der Waals surface area contributed by atoms with Crippen LogP contribution in [0.15, 0.2) is 35.7 Å². The quantitative estimate of drug-likeness (QED) is 0.877. The molecule has 0 atom stereocenters. The average molecular weight is 263 g/mol. The highest BCUT2D eigenvalue weighted by molar-refractivity contribution is 7.13. The number of likely N-dealkylation sites (N-methyl/N-ethyl adjacent to an activating group) is 1. The third-order valence-electron chi connectivity index (χ3n) is 3.14. The first kappa shape index (κ1) is 13.2. The van der Waals surface area contributed by atoms with E-state index in [2.05, 4.69) is 30.6 Å². The fourth-order valence-corrected chi connectivity index (χ4v) is 3.17. The van der Waals surface area contributed by atoms with Crippen molar-refractivity contribution >= 4 is 11.3 Å². The number of hydrogen-bond donors (Lipinski definition) is 1. The maximum atomic E-state index is 13.7. The van der Waals surface area contributed by atoms with Crippen LogP contribution in [-0.4, -0.2) is 13.6 Å². The molecule has 1 nitrogen and oxygen atoms in total. The first-order chi connectivity index (χ1) is 8.54. The van der Waals surface area contributed by atoms with Crippen LogP contribution >= 0.6 is 11.3 Å². The lowest BCUT2D eigenvalue weighted by Gasteiger charge is -2.23. The highest BCUT2D eigenvalue weighted by Gasteiger charge is 2.21. The van der Waals surface area contributed by atoms with E-state index in [0.717, 1.165) is 11.4 Å². The Labute approximate surface area is 112 Å². The monoisotopic (exact) mass is 263 g/mol. The van der Waals surface area contributed by atoms with Gasteiger partial charge < -0.3 is 5.32 Å². The summed E-state index contributed by atoms with van der Waals surface area (Å²) in [5.41, 5.74) is 2.00. The summed E-state index contributed by atoms with van der Waals surface area (Å²) in [5, 5.41) is 5.32. The Balaban J connectivity index is 2.34. The number of rotatable bonds is 4. The van der Waals surface area contributed by atoms with E-state index in [1.165, 1.54) is 11.6 Å². The Bertz CT molecular complexity index is 531. The van der Waals surface area contributed by atoms with Crippen LogP contribution in [0.25, 0.3) is 10.4 Å². The van der Waals surface area contributed by atoms with Crippen molar-refractivity contribution in [3.05, 3.63) is 47.1 Å². The normalized spacial score (nSPS) is 11.8. The Kier molecular flexibility index (Phi) is 3.83. The van der Waals surface area contributed by atoms with Gasteiger partial charge in [-0.1, -0.05) is 32.0 Å². The minimum atomic E-state index is -0.155. The van der Waals surface area contributed by atoms with Crippen molar-refractivity contribution in [2.45, 2.75) is 19.3 Å². The fourth-order valence-electron chi connectivity index (χ4n) is 2.04. The van der Waals surface area contributed by atoms with Gasteiger partial charge in [-0.15, -0.1) is 11.3 Å². The number of hydrogen-bond acceptors (Lipinski definition) is 2. The molecule has 0 aliphatic rings. The molecule has 0 aliphatic carbocycles. The molecular formula is C15H18FNS. The Morgan fingerprint density at radius 2 is 2.00 bits per heavy atom. The van der Waals surface area contributed by atoms with E-state index < -0.39 is 0 Å². The van der Waals surface area contributed by atoms with Gasteiger partial charge >= 0.3 is 0 Å². The summed E-state index contributed by atoms with van der Waals surface area (Å²) in [5.74, 6) is -0.155. The van der Waals surface area contributed by atoms with E-state index in [9.17, 15) is 4.39 Å². The number of thiophene rings is 1.